The van der Waals surface area contributed by atoms with Gasteiger partial charge in [-0.15, -0.1) is 0 Å². The molecule has 0 atom stereocenters. The Morgan fingerprint density at radius 1 is 1.19 bits per heavy atom. The number of hydrogen-bond acceptors (Lipinski definition) is 4. The summed E-state index contributed by atoms with van der Waals surface area (Å²) in [5, 5.41) is 11.2. The highest BCUT2D eigenvalue weighted by Crippen LogP contribution is 2.08. The molecule has 7 nitrogen and oxygen atoms in total. The van der Waals surface area contributed by atoms with E-state index >= 15 is 0 Å². The molecular weight excluding hydrogens is 274 g/mol. The van der Waals surface area contributed by atoms with Gasteiger partial charge in [0.05, 0.1) is 12.1 Å². The summed E-state index contributed by atoms with van der Waals surface area (Å²) in [6, 6.07) is 2.63. The van der Waals surface area contributed by atoms with Crippen LogP contribution in [-0.2, 0) is 4.79 Å². The van der Waals surface area contributed by atoms with E-state index in [0.29, 0.717) is 0 Å². The third-order valence-electron chi connectivity index (χ3n) is 3.35. The number of carboxylic acids is 1. The van der Waals surface area contributed by atoms with Gasteiger partial charge in [-0.25, -0.2) is 9.78 Å². The summed E-state index contributed by atoms with van der Waals surface area (Å²) < 4.78 is 0. The van der Waals surface area contributed by atoms with E-state index in [1.54, 1.807) is 4.90 Å². The van der Waals surface area contributed by atoms with Crippen molar-refractivity contribution in [2.75, 3.05) is 19.6 Å². The zero-order valence-corrected chi connectivity index (χ0v) is 11.5. The van der Waals surface area contributed by atoms with Crippen LogP contribution in [0.25, 0.3) is 0 Å². The number of likely N-dealkylation sites (tertiary alicyclic amines) is 1. The normalized spacial score (nSPS) is 14.6. The van der Waals surface area contributed by atoms with Crippen molar-refractivity contribution in [3.05, 3.63) is 29.6 Å². The Morgan fingerprint density at radius 3 is 2.48 bits per heavy atom. The van der Waals surface area contributed by atoms with Crippen molar-refractivity contribution >= 4 is 17.8 Å². The largest absolute Gasteiger partial charge is 0.477 e. The van der Waals surface area contributed by atoms with Gasteiger partial charge in [0.1, 0.15) is 5.69 Å². The molecule has 0 radical (unpaired) electrons. The minimum Gasteiger partial charge on any atom is -0.477 e. The Hall–Kier alpha value is -2.44. The number of aromatic carboxylic acids is 1. The van der Waals surface area contributed by atoms with Gasteiger partial charge in [-0.2, -0.15) is 0 Å². The second-order valence-corrected chi connectivity index (χ2v) is 4.86. The molecule has 1 aromatic heterocycles. The van der Waals surface area contributed by atoms with Crippen LogP contribution < -0.4 is 5.32 Å². The highest BCUT2D eigenvalue weighted by atomic mass is 16.4. The fourth-order valence-electron chi connectivity index (χ4n) is 2.17. The first-order chi connectivity index (χ1) is 10.1. The minimum absolute atomic E-state index is 0.0560. The van der Waals surface area contributed by atoms with Crippen molar-refractivity contribution in [1.29, 1.82) is 0 Å². The molecule has 1 aliphatic heterocycles. The summed E-state index contributed by atoms with van der Waals surface area (Å²) in [5.74, 6) is -1.69. The summed E-state index contributed by atoms with van der Waals surface area (Å²) in [6.45, 7) is 1.42. The molecule has 2 amide bonds. The van der Waals surface area contributed by atoms with E-state index in [9.17, 15) is 14.4 Å². The van der Waals surface area contributed by atoms with E-state index in [-0.39, 0.29) is 23.7 Å². The van der Waals surface area contributed by atoms with Crippen LogP contribution in [0.15, 0.2) is 18.3 Å². The fourth-order valence-corrected chi connectivity index (χ4v) is 2.17. The topological polar surface area (TPSA) is 99.6 Å². The zero-order chi connectivity index (χ0) is 15.2. The van der Waals surface area contributed by atoms with Crippen LogP contribution in [0.5, 0.6) is 0 Å². The highest BCUT2D eigenvalue weighted by molar-refractivity contribution is 5.96. The smallest absolute Gasteiger partial charge is 0.354 e. The summed E-state index contributed by atoms with van der Waals surface area (Å²) in [4.78, 5) is 39.8. The molecule has 0 spiro atoms. The van der Waals surface area contributed by atoms with Gasteiger partial charge in [0.2, 0.25) is 5.91 Å². The maximum atomic E-state index is 11.9. The van der Waals surface area contributed by atoms with E-state index in [1.807, 2.05) is 0 Å². The first kappa shape index (κ1) is 15.0. The van der Waals surface area contributed by atoms with Crippen molar-refractivity contribution in [1.82, 2.24) is 15.2 Å². The molecule has 0 aromatic carbocycles. The van der Waals surface area contributed by atoms with Crippen molar-refractivity contribution in [2.45, 2.75) is 19.3 Å². The number of pyridine rings is 1. The molecule has 0 saturated carbocycles. The highest BCUT2D eigenvalue weighted by Gasteiger charge is 2.17. The Kier molecular flexibility index (Phi) is 4.86. The van der Waals surface area contributed by atoms with E-state index in [2.05, 4.69) is 10.3 Å². The number of rotatable bonds is 4. The number of nitrogens with zero attached hydrogens (tertiary/aromatic N) is 2. The SMILES string of the molecule is O=C(NCC(=O)N1CCCCC1)c1ccc(C(=O)O)nc1. The Morgan fingerprint density at radius 2 is 1.90 bits per heavy atom. The van der Waals surface area contributed by atoms with Gasteiger partial charge in [0.15, 0.2) is 0 Å². The Balaban J connectivity index is 1.86. The summed E-state index contributed by atoms with van der Waals surface area (Å²) >= 11 is 0. The molecule has 1 saturated heterocycles. The summed E-state index contributed by atoms with van der Waals surface area (Å²) in [7, 11) is 0. The van der Waals surface area contributed by atoms with Crippen LogP contribution in [0.4, 0.5) is 0 Å². The molecule has 1 aromatic rings. The van der Waals surface area contributed by atoms with Crippen LogP contribution >= 0.6 is 0 Å². The lowest BCUT2D eigenvalue weighted by molar-refractivity contribution is -0.130. The molecule has 112 valence electrons. The predicted molar refractivity (Wildman–Crippen MR) is 74.0 cm³/mol. The molecule has 2 heterocycles. The molecule has 0 aliphatic carbocycles. The van der Waals surface area contributed by atoms with Crippen LogP contribution in [0.2, 0.25) is 0 Å². The Labute approximate surface area is 122 Å². The van der Waals surface area contributed by atoms with Crippen LogP contribution in [0, 0.1) is 0 Å². The number of aromatic nitrogens is 1. The monoisotopic (exact) mass is 291 g/mol. The molecule has 2 rings (SSSR count). The van der Waals surface area contributed by atoms with E-state index < -0.39 is 11.9 Å². The average molecular weight is 291 g/mol. The van der Waals surface area contributed by atoms with Crippen LogP contribution in [-0.4, -0.2) is 52.4 Å². The molecule has 1 fully saturated rings. The van der Waals surface area contributed by atoms with Gasteiger partial charge >= 0.3 is 5.97 Å². The summed E-state index contributed by atoms with van der Waals surface area (Å²) in [6.07, 6.45) is 4.32. The third-order valence-corrected chi connectivity index (χ3v) is 3.35. The van der Waals surface area contributed by atoms with Gasteiger partial charge in [0, 0.05) is 19.3 Å². The lowest BCUT2D eigenvalue weighted by atomic mass is 10.1. The van der Waals surface area contributed by atoms with Gasteiger partial charge in [-0.1, -0.05) is 0 Å². The number of amides is 2. The van der Waals surface area contributed by atoms with E-state index in [1.165, 1.54) is 18.3 Å². The number of carbonyl (C=O) groups excluding carboxylic acids is 2. The molecule has 21 heavy (non-hydrogen) atoms. The van der Waals surface area contributed by atoms with Crippen molar-refractivity contribution in [3.63, 3.8) is 0 Å². The lowest BCUT2D eigenvalue weighted by Gasteiger charge is -2.26. The first-order valence-electron chi connectivity index (χ1n) is 6.83. The number of carbonyl (C=O) groups is 3. The standard InChI is InChI=1S/C14H17N3O4/c18-12(17-6-2-1-3-7-17)9-16-13(19)10-4-5-11(14(20)21)15-8-10/h4-5,8H,1-3,6-7,9H2,(H,16,19)(H,20,21). The van der Waals surface area contributed by atoms with E-state index in [4.69, 9.17) is 5.11 Å². The minimum atomic E-state index is -1.15. The number of nitrogens with one attached hydrogen (secondary N) is 1. The molecule has 2 N–H and O–H groups in total. The second kappa shape index (κ2) is 6.83. The molecular formula is C14H17N3O4. The Bertz CT molecular complexity index is 536. The predicted octanol–water partition coefficient (Wildman–Crippen LogP) is 0.522. The maximum absolute atomic E-state index is 11.9. The van der Waals surface area contributed by atoms with Crippen LogP contribution in [0.1, 0.15) is 40.1 Å². The summed E-state index contributed by atoms with van der Waals surface area (Å²) in [5.41, 5.74) is 0.0994. The van der Waals surface area contributed by atoms with Crippen molar-refractivity contribution in [2.24, 2.45) is 0 Å². The zero-order valence-electron chi connectivity index (χ0n) is 11.5. The van der Waals surface area contributed by atoms with Crippen molar-refractivity contribution in [3.8, 4) is 0 Å². The molecule has 7 heteroatoms. The van der Waals surface area contributed by atoms with Crippen molar-refractivity contribution < 1.29 is 19.5 Å². The van der Waals surface area contributed by atoms with Gasteiger partial charge in [-0.3, -0.25) is 9.59 Å². The molecule has 0 unspecified atom stereocenters. The van der Waals surface area contributed by atoms with E-state index in [0.717, 1.165) is 32.4 Å². The number of carboxylic acid groups (broad SMARTS) is 1. The quantitative estimate of drug-likeness (QED) is 0.842. The third kappa shape index (κ3) is 4.01. The first-order valence-corrected chi connectivity index (χ1v) is 6.83. The van der Waals surface area contributed by atoms with Gasteiger partial charge < -0.3 is 15.3 Å². The van der Waals surface area contributed by atoms with Crippen LogP contribution in [0.3, 0.4) is 0 Å². The fraction of sp³-hybridized carbons (Fsp3) is 0.429. The number of hydrogen-bond donors (Lipinski definition) is 2. The van der Waals surface area contributed by atoms with Gasteiger partial charge in [-0.05, 0) is 31.4 Å². The molecule has 0 bridgehead atoms. The molecule has 1 aliphatic rings. The maximum Gasteiger partial charge on any atom is 0.354 e. The second-order valence-electron chi connectivity index (χ2n) is 4.86. The van der Waals surface area contributed by atoms with Gasteiger partial charge in [0.25, 0.3) is 5.91 Å². The number of piperidine rings is 1. The average Bonchev–Trinajstić information content (AvgIpc) is 2.53. The lowest BCUT2D eigenvalue weighted by Crippen LogP contribution is -2.42.